The standard InChI is InChI=1S/C9H13N3O2/c1-14-9-4-8(10-5-11-9)12-6-2-7(13)3-6/h4-7,13H,2-3H2,1H3,(H,10,11,12). The highest BCUT2D eigenvalue weighted by Crippen LogP contribution is 2.23. The van der Waals surface area contributed by atoms with Gasteiger partial charge in [-0.25, -0.2) is 9.97 Å². The van der Waals surface area contributed by atoms with Crippen LogP contribution in [-0.2, 0) is 0 Å². The van der Waals surface area contributed by atoms with Gasteiger partial charge in [0.2, 0.25) is 5.88 Å². The maximum atomic E-state index is 9.10. The van der Waals surface area contributed by atoms with Gasteiger partial charge in [-0.05, 0) is 12.8 Å². The minimum Gasteiger partial charge on any atom is -0.481 e. The van der Waals surface area contributed by atoms with Crippen molar-refractivity contribution in [1.29, 1.82) is 0 Å². The maximum Gasteiger partial charge on any atom is 0.218 e. The van der Waals surface area contributed by atoms with E-state index in [1.54, 1.807) is 13.2 Å². The first-order valence-electron chi connectivity index (χ1n) is 4.58. The zero-order valence-electron chi connectivity index (χ0n) is 7.97. The summed E-state index contributed by atoms with van der Waals surface area (Å²) in [5.74, 6) is 1.29. The highest BCUT2D eigenvalue weighted by atomic mass is 16.5. The van der Waals surface area contributed by atoms with Crippen molar-refractivity contribution in [3.63, 3.8) is 0 Å². The van der Waals surface area contributed by atoms with E-state index in [-0.39, 0.29) is 6.10 Å². The fraction of sp³-hybridized carbons (Fsp3) is 0.556. The molecule has 0 atom stereocenters. The second kappa shape index (κ2) is 3.79. The summed E-state index contributed by atoms with van der Waals surface area (Å²) in [6.45, 7) is 0. The van der Waals surface area contributed by atoms with E-state index in [1.165, 1.54) is 6.33 Å². The molecule has 1 saturated carbocycles. The Labute approximate surface area is 82.1 Å². The number of aliphatic hydroxyl groups excluding tert-OH is 1. The number of aromatic nitrogens is 2. The van der Waals surface area contributed by atoms with Gasteiger partial charge < -0.3 is 15.2 Å². The number of hydrogen-bond donors (Lipinski definition) is 2. The number of nitrogens with zero attached hydrogens (tertiary/aromatic N) is 2. The first kappa shape index (κ1) is 9.21. The lowest BCUT2D eigenvalue weighted by Gasteiger charge is -2.32. The molecule has 0 aromatic carbocycles. The summed E-state index contributed by atoms with van der Waals surface area (Å²) in [6.07, 6.45) is 2.87. The molecule has 2 rings (SSSR count). The average molecular weight is 195 g/mol. The Morgan fingerprint density at radius 2 is 2.29 bits per heavy atom. The van der Waals surface area contributed by atoms with E-state index in [2.05, 4.69) is 15.3 Å². The lowest BCUT2D eigenvalue weighted by Crippen LogP contribution is -2.39. The number of anilines is 1. The molecule has 0 unspecified atom stereocenters. The summed E-state index contributed by atoms with van der Waals surface area (Å²) in [4.78, 5) is 7.95. The fourth-order valence-corrected chi connectivity index (χ4v) is 1.44. The van der Waals surface area contributed by atoms with Crippen molar-refractivity contribution in [2.75, 3.05) is 12.4 Å². The van der Waals surface area contributed by atoms with Crippen LogP contribution >= 0.6 is 0 Å². The van der Waals surface area contributed by atoms with Crippen molar-refractivity contribution in [1.82, 2.24) is 9.97 Å². The normalized spacial score (nSPS) is 25.3. The van der Waals surface area contributed by atoms with Crippen LogP contribution in [0.4, 0.5) is 5.82 Å². The van der Waals surface area contributed by atoms with Crippen molar-refractivity contribution in [3.05, 3.63) is 12.4 Å². The Bertz CT molecular complexity index is 313. The summed E-state index contributed by atoms with van der Waals surface area (Å²) in [5.41, 5.74) is 0. The molecule has 0 bridgehead atoms. The fourth-order valence-electron chi connectivity index (χ4n) is 1.44. The van der Waals surface area contributed by atoms with Crippen LogP contribution in [0.1, 0.15) is 12.8 Å². The van der Waals surface area contributed by atoms with Crippen LogP contribution in [0.3, 0.4) is 0 Å². The van der Waals surface area contributed by atoms with Crippen LogP contribution < -0.4 is 10.1 Å². The van der Waals surface area contributed by atoms with E-state index in [1.807, 2.05) is 0 Å². The van der Waals surface area contributed by atoms with E-state index >= 15 is 0 Å². The molecular weight excluding hydrogens is 182 g/mol. The Kier molecular flexibility index (Phi) is 2.49. The van der Waals surface area contributed by atoms with E-state index in [9.17, 15) is 0 Å². The Balaban J connectivity index is 1.95. The molecule has 1 aromatic rings. The van der Waals surface area contributed by atoms with Crippen molar-refractivity contribution in [2.24, 2.45) is 0 Å². The first-order valence-corrected chi connectivity index (χ1v) is 4.58. The summed E-state index contributed by atoms with van der Waals surface area (Å²) >= 11 is 0. The van der Waals surface area contributed by atoms with Gasteiger partial charge in [0.25, 0.3) is 0 Å². The molecule has 2 N–H and O–H groups in total. The van der Waals surface area contributed by atoms with Gasteiger partial charge in [-0.3, -0.25) is 0 Å². The van der Waals surface area contributed by atoms with E-state index < -0.39 is 0 Å². The number of nitrogens with one attached hydrogen (secondary N) is 1. The summed E-state index contributed by atoms with van der Waals surface area (Å²) < 4.78 is 4.97. The lowest BCUT2D eigenvalue weighted by atomic mass is 9.89. The van der Waals surface area contributed by atoms with Gasteiger partial charge in [-0.2, -0.15) is 0 Å². The van der Waals surface area contributed by atoms with Crippen molar-refractivity contribution >= 4 is 5.82 Å². The topological polar surface area (TPSA) is 67.3 Å². The minimum absolute atomic E-state index is 0.156. The van der Waals surface area contributed by atoms with Gasteiger partial charge in [0.1, 0.15) is 12.1 Å². The molecule has 1 heterocycles. The van der Waals surface area contributed by atoms with Crippen molar-refractivity contribution in [2.45, 2.75) is 25.0 Å². The van der Waals surface area contributed by atoms with Gasteiger partial charge in [0.05, 0.1) is 13.2 Å². The molecule has 5 nitrogen and oxygen atoms in total. The molecule has 0 saturated heterocycles. The van der Waals surface area contributed by atoms with E-state index in [0.717, 1.165) is 18.7 Å². The van der Waals surface area contributed by atoms with Crippen LogP contribution in [0.5, 0.6) is 5.88 Å². The number of rotatable bonds is 3. The molecule has 14 heavy (non-hydrogen) atoms. The third-order valence-corrected chi connectivity index (χ3v) is 2.32. The average Bonchev–Trinajstić information content (AvgIpc) is 2.16. The molecule has 5 heteroatoms. The lowest BCUT2D eigenvalue weighted by molar-refractivity contribution is 0.0835. The predicted molar refractivity (Wildman–Crippen MR) is 51.2 cm³/mol. The van der Waals surface area contributed by atoms with Gasteiger partial charge in [-0.1, -0.05) is 0 Å². The molecule has 1 fully saturated rings. The van der Waals surface area contributed by atoms with Gasteiger partial charge >= 0.3 is 0 Å². The summed E-state index contributed by atoms with van der Waals surface area (Å²) in [6, 6.07) is 2.06. The molecule has 1 aromatic heterocycles. The van der Waals surface area contributed by atoms with Crippen LogP contribution in [0.25, 0.3) is 0 Å². The minimum atomic E-state index is -0.156. The van der Waals surface area contributed by atoms with E-state index in [4.69, 9.17) is 9.84 Å². The van der Waals surface area contributed by atoms with E-state index in [0.29, 0.717) is 11.9 Å². The molecule has 76 valence electrons. The van der Waals surface area contributed by atoms with Crippen LogP contribution in [0.15, 0.2) is 12.4 Å². The van der Waals surface area contributed by atoms with Gasteiger partial charge in [0.15, 0.2) is 0 Å². The predicted octanol–water partition coefficient (Wildman–Crippen LogP) is 0.420. The highest BCUT2D eigenvalue weighted by Gasteiger charge is 2.27. The third-order valence-electron chi connectivity index (χ3n) is 2.32. The Morgan fingerprint density at radius 1 is 1.50 bits per heavy atom. The zero-order chi connectivity index (χ0) is 9.97. The molecule has 0 spiro atoms. The number of ether oxygens (including phenoxy) is 1. The molecule has 0 radical (unpaired) electrons. The van der Waals surface area contributed by atoms with Gasteiger partial charge in [0, 0.05) is 12.1 Å². The highest BCUT2D eigenvalue weighted by molar-refractivity contribution is 5.38. The Hall–Kier alpha value is -1.36. The number of hydrogen-bond acceptors (Lipinski definition) is 5. The second-order valence-electron chi connectivity index (χ2n) is 3.41. The quantitative estimate of drug-likeness (QED) is 0.731. The van der Waals surface area contributed by atoms with Gasteiger partial charge in [-0.15, -0.1) is 0 Å². The molecule has 1 aliphatic carbocycles. The first-order chi connectivity index (χ1) is 6.78. The largest absolute Gasteiger partial charge is 0.481 e. The SMILES string of the molecule is COc1cc(NC2CC(O)C2)ncn1. The maximum absolute atomic E-state index is 9.10. The summed E-state index contributed by atoms with van der Waals surface area (Å²) in [7, 11) is 1.57. The molecule has 0 aliphatic heterocycles. The molecule has 1 aliphatic rings. The van der Waals surface area contributed by atoms with Crippen LogP contribution in [0, 0.1) is 0 Å². The van der Waals surface area contributed by atoms with Crippen molar-refractivity contribution in [3.8, 4) is 5.88 Å². The number of aliphatic hydroxyl groups is 1. The van der Waals surface area contributed by atoms with Crippen LogP contribution in [-0.4, -0.2) is 34.3 Å². The Morgan fingerprint density at radius 3 is 2.93 bits per heavy atom. The number of methoxy groups -OCH3 is 1. The van der Waals surface area contributed by atoms with Crippen molar-refractivity contribution < 1.29 is 9.84 Å². The molecule has 0 amide bonds. The summed E-state index contributed by atoms with van der Waals surface area (Å²) in [5, 5.41) is 12.3. The third kappa shape index (κ3) is 1.93. The van der Waals surface area contributed by atoms with Crippen LogP contribution in [0.2, 0.25) is 0 Å². The molecular formula is C9H13N3O2. The monoisotopic (exact) mass is 195 g/mol. The smallest absolute Gasteiger partial charge is 0.218 e. The zero-order valence-corrected chi connectivity index (χ0v) is 7.97. The second-order valence-corrected chi connectivity index (χ2v) is 3.41.